The minimum Gasteiger partial charge on any atom is -0.494 e. The number of fused-ring (bicyclic) bond motifs is 1. The number of aromatic hydroxyl groups is 1. The molecule has 4 bridgehead atoms. The average Bonchev–Trinajstić information content (AvgIpc) is 3.05. The highest BCUT2D eigenvalue weighted by Crippen LogP contribution is 2.61. The van der Waals surface area contributed by atoms with Crippen molar-refractivity contribution in [3.8, 4) is 5.88 Å². The Labute approximate surface area is 173 Å². The molecule has 1 amide bonds. The Balaban J connectivity index is 1.37. The molecule has 4 saturated carbocycles. The van der Waals surface area contributed by atoms with E-state index in [9.17, 15) is 14.3 Å². The van der Waals surface area contributed by atoms with Gasteiger partial charge in [-0.15, -0.1) is 0 Å². The second-order valence-corrected chi connectivity index (χ2v) is 9.54. The third-order valence-electron chi connectivity index (χ3n) is 7.44. The molecule has 30 heavy (non-hydrogen) atoms. The van der Waals surface area contributed by atoms with Crippen LogP contribution in [0.5, 0.6) is 5.88 Å². The molecule has 6 nitrogen and oxygen atoms in total. The van der Waals surface area contributed by atoms with Gasteiger partial charge in [-0.05, 0) is 74.6 Å². The highest BCUT2D eigenvalue weighted by molar-refractivity contribution is 5.92. The number of nitrogens with one attached hydrogen (secondary N) is 1. The van der Waals surface area contributed by atoms with Crippen molar-refractivity contribution in [2.75, 3.05) is 0 Å². The van der Waals surface area contributed by atoms with Crippen LogP contribution < -0.4 is 5.32 Å². The Morgan fingerprint density at radius 2 is 1.97 bits per heavy atom. The molecule has 154 valence electrons. The molecule has 3 heterocycles. The minimum absolute atomic E-state index is 0.224. The highest BCUT2D eigenvalue weighted by Gasteiger charge is 2.59. The summed E-state index contributed by atoms with van der Waals surface area (Å²) < 4.78 is 15.2. The smallest absolute Gasteiger partial charge is 0.270 e. The lowest BCUT2D eigenvalue weighted by Gasteiger charge is -2.62. The number of hydrogen-bond donors (Lipinski definition) is 2. The summed E-state index contributed by atoms with van der Waals surface area (Å²) in [6, 6.07) is 6.42. The molecule has 7 rings (SSSR count). The Hall–Kier alpha value is -2.96. The van der Waals surface area contributed by atoms with Crippen LogP contribution in [0.3, 0.4) is 0 Å². The van der Waals surface area contributed by atoms with E-state index in [1.54, 1.807) is 6.20 Å². The predicted octanol–water partition coefficient (Wildman–Crippen LogP) is 3.75. The number of amides is 1. The van der Waals surface area contributed by atoms with E-state index < -0.39 is 5.82 Å². The molecule has 2 N–H and O–H groups in total. The summed E-state index contributed by atoms with van der Waals surface area (Å²) in [6.07, 6.45) is 10.6. The van der Waals surface area contributed by atoms with E-state index in [0.717, 1.165) is 49.2 Å². The van der Waals surface area contributed by atoms with Gasteiger partial charge >= 0.3 is 0 Å². The summed E-state index contributed by atoms with van der Waals surface area (Å²) in [5, 5.41) is 15.0. The summed E-state index contributed by atoms with van der Waals surface area (Å²) >= 11 is 0. The van der Waals surface area contributed by atoms with Crippen LogP contribution in [0.2, 0.25) is 0 Å². The topological polar surface area (TPSA) is 80.0 Å². The fourth-order valence-corrected chi connectivity index (χ4v) is 6.84. The maximum absolute atomic E-state index is 13.2. The van der Waals surface area contributed by atoms with E-state index in [1.165, 1.54) is 18.6 Å². The Bertz CT molecular complexity index is 1140. The quantitative estimate of drug-likeness (QED) is 0.694. The lowest BCUT2D eigenvalue weighted by Crippen LogP contribution is -2.65. The standard InChI is InChI=1S/C23H23FN4O2/c24-16-3-4-18(26-11-16)20(29)27-22-7-14-6-15(8-22)10-23(9-14,13-22)28-12-19-17(21(28)30)2-1-5-25-19/h1-5,11-12,14-15,30H,6-10,13H2,(H,27,29). The number of carbonyl (C=O) groups excluding carboxylic acids is 1. The number of halogens is 1. The van der Waals surface area contributed by atoms with Crippen LogP contribution >= 0.6 is 0 Å². The Morgan fingerprint density at radius 3 is 2.67 bits per heavy atom. The summed E-state index contributed by atoms with van der Waals surface area (Å²) in [4.78, 5) is 21.3. The van der Waals surface area contributed by atoms with Crippen LogP contribution in [0, 0.1) is 17.7 Å². The molecule has 0 saturated heterocycles. The van der Waals surface area contributed by atoms with Crippen LogP contribution in [-0.2, 0) is 5.54 Å². The van der Waals surface area contributed by atoms with Crippen molar-refractivity contribution in [3.63, 3.8) is 0 Å². The van der Waals surface area contributed by atoms with Crippen LogP contribution in [0.15, 0.2) is 42.9 Å². The molecule has 0 spiro atoms. The lowest BCUT2D eigenvalue weighted by molar-refractivity contribution is -0.0708. The first kappa shape index (κ1) is 17.9. The molecular formula is C23H23FN4O2. The second-order valence-electron chi connectivity index (χ2n) is 9.54. The SMILES string of the molecule is O=C(NC12CC3CC(C1)CC(n1cc4ncccc4c1O)(C3)C2)c1ccc(F)cn1. The molecular weight excluding hydrogens is 383 g/mol. The first-order valence-electron chi connectivity index (χ1n) is 10.5. The molecule has 4 aliphatic carbocycles. The van der Waals surface area contributed by atoms with Crippen molar-refractivity contribution in [1.29, 1.82) is 0 Å². The van der Waals surface area contributed by atoms with Gasteiger partial charge in [-0.2, -0.15) is 0 Å². The van der Waals surface area contributed by atoms with Gasteiger partial charge in [0.2, 0.25) is 5.88 Å². The van der Waals surface area contributed by atoms with Crippen molar-refractivity contribution in [2.45, 2.75) is 49.6 Å². The van der Waals surface area contributed by atoms with Crippen LogP contribution in [0.4, 0.5) is 4.39 Å². The zero-order valence-corrected chi connectivity index (χ0v) is 16.5. The largest absolute Gasteiger partial charge is 0.494 e. The maximum Gasteiger partial charge on any atom is 0.270 e. The van der Waals surface area contributed by atoms with Crippen molar-refractivity contribution in [3.05, 3.63) is 54.4 Å². The van der Waals surface area contributed by atoms with Crippen molar-refractivity contribution >= 4 is 16.8 Å². The van der Waals surface area contributed by atoms with Crippen molar-refractivity contribution in [2.24, 2.45) is 11.8 Å². The van der Waals surface area contributed by atoms with Gasteiger partial charge in [0.25, 0.3) is 5.91 Å². The number of rotatable bonds is 3. The van der Waals surface area contributed by atoms with Crippen LogP contribution in [-0.4, -0.2) is 31.1 Å². The number of pyridine rings is 2. The lowest BCUT2D eigenvalue weighted by atomic mass is 9.49. The molecule has 3 aromatic heterocycles. The van der Waals surface area contributed by atoms with Gasteiger partial charge in [-0.25, -0.2) is 9.37 Å². The average molecular weight is 406 g/mol. The van der Waals surface area contributed by atoms with Crippen molar-refractivity contribution in [1.82, 2.24) is 19.9 Å². The van der Waals surface area contributed by atoms with Crippen LogP contribution in [0.25, 0.3) is 10.9 Å². The van der Waals surface area contributed by atoms with Gasteiger partial charge in [0.1, 0.15) is 11.5 Å². The zero-order chi connectivity index (χ0) is 20.5. The molecule has 7 heteroatoms. The van der Waals surface area contributed by atoms with Gasteiger partial charge in [-0.1, -0.05) is 0 Å². The van der Waals surface area contributed by atoms with E-state index in [-0.39, 0.29) is 28.6 Å². The maximum atomic E-state index is 13.2. The molecule has 3 aromatic rings. The molecule has 0 aliphatic heterocycles. The molecule has 2 unspecified atom stereocenters. The van der Waals surface area contributed by atoms with Gasteiger partial charge in [0.15, 0.2) is 0 Å². The molecule has 2 atom stereocenters. The fourth-order valence-electron chi connectivity index (χ4n) is 6.84. The van der Waals surface area contributed by atoms with Gasteiger partial charge in [0.05, 0.1) is 22.6 Å². The Kier molecular flexibility index (Phi) is 3.59. The zero-order valence-electron chi connectivity index (χ0n) is 16.5. The Morgan fingerprint density at radius 1 is 1.17 bits per heavy atom. The fraction of sp³-hybridized carbons (Fsp3) is 0.435. The van der Waals surface area contributed by atoms with Crippen LogP contribution in [0.1, 0.15) is 49.0 Å². The first-order chi connectivity index (χ1) is 14.5. The summed E-state index contributed by atoms with van der Waals surface area (Å²) in [6.45, 7) is 0. The van der Waals surface area contributed by atoms with E-state index in [1.807, 2.05) is 22.9 Å². The number of aromatic nitrogens is 3. The summed E-state index contributed by atoms with van der Waals surface area (Å²) in [5.74, 6) is 0.567. The molecule has 4 fully saturated rings. The monoisotopic (exact) mass is 406 g/mol. The third kappa shape index (κ3) is 2.57. The third-order valence-corrected chi connectivity index (χ3v) is 7.44. The highest BCUT2D eigenvalue weighted by atomic mass is 19.1. The molecule has 0 aromatic carbocycles. The summed E-state index contributed by atoms with van der Waals surface area (Å²) in [7, 11) is 0. The number of carbonyl (C=O) groups is 1. The molecule has 0 radical (unpaired) electrons. The summed E-state index contributed by atoms with van der Waals surface area (Å²) in [5.41, 5.74) is 0.477. The first-order valence-corrected chi connectivity index (χ1v) is 10.5. The van der Waals surface area contributed by atoms with E-state index in [4.69, 9.17) is 0 Å². The van der Waals surface area contributed by atoms with Gasteiger partial charge in [0, 0.05) is 17.9 Å². The number of nitrogens with zero attached hydrogens (tertiary/aromatic N) is 3. The van der Waals surface area contributed by atoms with Gasteiger partial charge in [-0.3, -0.25) is 9.78 Å². The van der Waals surface area contributed by atoms with E-state index >= 15 is 0 Å². The second kappa shape index (κ2) is 6.03. The van der Waals surface area contributed by atoms with Crippen molar-refractivity contribution < 1.29 is 14.3 Å². The normalized spacial score (nSPS) is 31.9. The number of hydrogen-bond acceptors (Lipinski definition) is 4. The van der Waals surface area contributed by atoms with Gasteiger partial charge < -0.3 is 15.0 Å². The van der Waals surface area contributed by atoms with E-state index in [0.29, 0.717) is 11.8 Å². The van der Waals surface area contributed by atoms with E-state index in [2.05, 4.69) is 15.3 Å². The predicted molar refractivity (Wildman–Crippen MR) is 108 cm³/mol. The minimum atomic E-state index is -0.455. The molecule has 4 aliphatic rings.